The average Bonchev–Trinajstić information content (AvgIpc) is 3.27. The molecule has 0 unspecified atom stereocenters. The van der Waals surface area contributed by atoms with E-state index in [1.165, 1.54) is 47.1 Å². The van der Waals surface area contributed by atoms with Crippen molar-refractivity contribution in [2.75, 3.05) is 18.2 Å². The van der Waals surface area contributed by atoms with Gasteiger partial charge in [-0.05, 0) is 54.5 Å². The molecule has 0 fully saturated rings. The fraction of sp³-hybridized carbons (Fsp3) is 0.240. The highest BCUT2D eigenvalue weighted by Crippen LogP contribution is 2.34. The second-order valence-corrected chi connectivity index (χ2v) is 9.75. The number of hydrogen-bond donors (Lipinski definition) is 2. The van der Waals surface area contributed by atoms with Crippen LogP contribution in [0.15, 0.2) is 57.8 Å². The lowest BCUT2D eigenvalue weighted by atomic mass is 9.89. The molecular formula is C25H23N3O3S2. The number of aromatic nitrogens is 2. The van der Waals surface area contributed by atoms with Gasteiger partial charge in [-0.1, -0.05) is 42.1 Å². The number of H-pyrrole nitrogens is 1. The van der Waals surface area contributed by atoms with Crippen LogP contribution in [0, 0.1) is 0 Å². The zero-order chi connectivity index (χ0) is 22.8. The number of fused-ring (bicyclic) bond motifs is 2. The molecule has 8 heteroatoms. The molecular weight excluding hydrogens is 454 g/mol. The molecule has 1 aliphatic rings. The molecule has 0 bridgehead atoms. The van der Waals surface area contributed by atoms with Crippen LogP contribution in [-0.4, -0.2) is 28.7 Å². The fourth-order valence-electron chi connectivity index (χ4n) is 4.18. The summed E-state index contributed by atoms with van der Waals surface area (Å²) in [5.74, 6) is 0.514. The van der Waals surface area contributed by atoms with Crippen LogP contribution in [0.3, 0.4) is 0 Å². The summed E-state index contributed by atoms with van der Waals surface area (Å²) in [7, 11) is 1.56. The highest BCUT2D eigenvalue weighted by atomic mass is 32.2. The number of carbonyl (C=O) groups is 1. The lowest BCUT2D eigenvalue weighted by Crippen LogP contribution is -2.16. The predicted octanol–water partition coefficient (Wildman–Crippen LogP) is 5.27. The van der Waals surface area contributed by atoms with Gasteiger partial charge in [-0.3, -0.25) is 9.59 Å². The maximum absolute atomic E-state index is 12.9. The molecule has 2 N–H and O–H groups in total. The van der Waals surface area contributed by atoms with E-state index in [2.05, 4.69) is 33.5 Å². The van der Waals surface area contributed by atoms with Crippen molar-refractivity contribution in [1.29, 1.82) is 0 Å². The van der Waals surface area contributed by atoms with Crippen molar-refractivity contribution in [2.45, 2.75) is 30.8 Å². The number of methoxy groups -OCH3 is 1. The van der Waals surface area contributed by atoms with Crippen LogP contribution in [0.5, 0.6) is 5.75 Å². The van der Waals surface area contributed by atoms with E-state index in [1.54, 1.807) is 19.2 Å². The minimum absolute atomic E-state index is 0.121. The van der Waals surface area contributed by atoms with Gasteiger partial charge in [0.05, 0.1) is 23.9 Å². The van der Waals surface area contributed by atoms with Gasteiger partial charge in [0, 0.05) is 10.9 Å². The van der Waals surface area contributed by atoms with Gasteiger partial charge in [0.2, 0.25) is 5.91 Å². The number of amides is 1. The van der Waals surface area contributed by atoms with Gasteiger partial charge in [0.1, 0.15) is 10.6 Å². The highest BCUT2D eigenvalue weighted by molar-refractivity contribution is 7.99. The first kappa shape index (κ1) is 21.7. The maximum Gasteiger partial charge on any atom is 0.260 e. The number of anilines is 1. The van der Waals surface area contributed by atoms with Crippen LogP contribution in [-0.2, 0) is 17.6 Å². The van der Waals surface area contributed by atoms with Crippen LogP contribution >= 0.6 is 23.1 Å². The van der Waals surface area contributed by atoms with E-state index in [1.807, 2.05) is 17.5 Å². The summed E-state index contributed by atoms with van der Waals surface area (Å²) in [6, 6.07) is 13.8. The van der Waals surface area contributed by atoms with E-state index >= 15 is 0 Å². The van der Waals surface area contributed by atoms with Gasteiger partial charge < -0.3 is 15.0 Å². The minimum Gasteiger partial charge on any atom is -0.495 e. The first-order valence-corrected chi connectivity index (χ1v) is 12.7. The van der Waals surface area contributed by atoms with Gasteiger partial charge in [0.25, 0.3) is 5.56 Å². The van der Waals surface area contributed by atoms with E-state index in [0.29, 0.717) is 26.8 Å². The van der Waals surface area contributed by atoms with Crippen LogP contribution in [0.1, 0.15) is 24.0 Å². The third-order valence-corrected chi connectivity index (χ3v) is 7.55. The van der Waals surface area contributed by atoms with Crippen LogP contribution in [0.4, 0.5) is 5.69 Å². The smallest absolute Gasteiger partial charge is 0.260 e. The number of hydrogen-bond acceptors (Lipinski definition) is 6. The molecule has 1 amide bonds. The Morgan fingerprint density at radius 3 is 2.85 bits per heavy atom. The van der Waals surface area contributed by atoms with Gasteiger partial charge in [-0.25, -0.2) is 4.98 Å². The molecule has 2 aromatic heterocycles. The number of rotatable bonds is 6. The lowest BCUT2D eigenvalue weighted by molar-refractivity contribution is -0.113. The van der Waals surface area contributed by atoms with Crippen molar-refractivity contribution >= 4 is 44.9 Å². The first-order chi connectivity index (χ1) is 16.1. The average molecular weight is 478 g/mol. The number of ether oxygens (including phenoxy) is 1. The monoisotopic (exact) mass is 477 g/mol. The number of nitrogens with one attached hydrogen (secondary N) is 2. The SMILES string of the molecule is COc1ccccc1NC(=O)CSc1nc2scc(-c3ccc4c(c3)CCCC4)c2c(=O)[nH]1. The van der Waals surface area contributed by atoms with Gasteiger partial charge in [-0.15, -0.1) is 11.3 Å². The molecule has 1 aliphatic carbocycles. The Morgan fingerprint density at radius 2 is 2.00 bits per heavy atom. The quantitative estimate of drug-likeness (QED) is 0.292. The summed E-state index contributed by atoms with van der Waals surface area (Å²) in [5, 5.41) is 5.87. The number of benzene rings is 2. The maximum atomic E-state index is 12.9. The Bertz CT molecular complexity index is 1390. The molecule has 2 aromatic carbocycles. The summed E-state index contributed by atoms with van der Waals surface area (Å²) in [4.78, 5) is 33.5. The molecule has 168 valence electrons. The zero-order valence-electron chi connectivity index (χ0n) is 18.1. The summed E-state index contributed by atoms with van der Waals surface area (Å²) >= 11 is 2.66. The second-order valence-electron chi connectivity index (χ2n) is 7.93. The Balaban J connectivity index is 1.34. The number of thiophene rings is 1. The molecule has 0 aliphatic heterocycles. The van der Waals surface area contributed by atoms with E-state index in [9.17, 15) is 9.59 Å². The van der Waals surface area contributed by atoms with E-state index in [0.717, 1.165) is 24.0 Å². The molecule has 0 spiro atoms. The Kier molecular flexibility index (Phi) is 6.20. The number of aryl methyl sites for hydroxylation is 2. The zero-order valence-corrected chi connectivity index (χ0v) is 19.8. The Hall–Kier alpha value is -3.10. The molecule has 2 heterocycles. The normalized spacial score (nSPS) is 13.0. The van der Waals surface area contributed by atoms with Crippen LogP contribution in [0.25, 0.3) is 21.3 Å². The summed E-state index contributed by atoms with van der Waals surface area (Å²) < 4.78 is 5.26. The first-order valence-electron chi connectivity index (χ1n) is 10.8. The van der Waals surface area contributed by atoms with E-state index < -0.39 is 0 Å². The summed E-state index contributed by atoms with van der Waals surface area (Å²) in [6.45, 7) is 0. The molecule has 0 radical (unpaired) electrons. The van der Waals surface area contributed by atoms with Crippen molar-refractivity contribution in [2.24, 2.45) is 0 Å². The van der Waals surface area contributed by atoms with Gasteiger partial charge in [0.15, 0.2) is 5.16 Å². The lowest BCUT2D eigenvalue weighted by Gasteiger charge is -2.16. The van der Waals surface area contributed by atoms with E-state index in [4.69, 9.17) is 4.74 Å². The van der Waals surface area contributed by atoms with Crippen molar-refractivity contribution in [1.82, 2.24) is 9.97 Å². The van der Waals surface area contributed by atoms with Crippen molar-refractivity contribution < 1.29 is 9.53 Å². The number of carbonyl (C=O) groups excluding carboxylic acids is 1. The van der Waals surface area contributed by atoms with Crippen molar-refractivity contribution in [3.05, 3.63) is 69.3 Å². The number of nitrogens with zero attached hydrogens (tertiary/aromatic N) is 1. The molecule has 4 aromatic rings. The molecule has 5 rings (SSSR count). The van der Waals surface area contributed by atoms with Crippen LogP contribution in [0.2, 0.25) is 0 Å². The molecule has 33 heavy (non-hydrogen) atoms. The largest absolute Gasteiger partial charge is 0.495 e. The topological polar surface area (TPSA) is 84.1 Å². The van der Waals surface area contributed by atoms with Crippen molar-refractivity contribution in [3.8, 4) is 16.9 Å². The van der Waals surface area contributed by atoms with Crippen molar-refractivity contribution in [3.63, 3.8) is 0 Å². The number of thioether (sulfide) groups is 1. The third-order valence-electron chi connectivity index (χ3n) is 5.80. The van der Waals surface area contributed by atoms with Crippen LogP contribution < -0.4 is 15.6 Å². The molecule has 0 saturated heterocycles. The molecule has 6 nitrogen and oxygen atoms in total. The predicted molar refractivity (Wildman–Crippen MR) is 135 cm³/mol. The number of aromatic amines is 1. The molecule has 0 saturated carbocycles. The minimum atomic E-state index is -0.201. The summed E-state index contributed by atoms with van der Waals surface area (Å²) in [5.41, 5.74) is 5.21. The van der Waals surface area contributed by atoms with Gasteiger partial charge in [-0.2, -0.15) is 0 Å². The third kappa shape index (κ3) is 4.54. The summed E-state index contributed by atoms with van der Waals surface area (Å²) in [6.07, 6.45) is 4.69. The Labute approximate surface area is 199 Å². The van der Waals surface area contributed by atoms with E-state index in [-0.39, 0.29) is 17.2 Å². The standard InChI is InChI=1S/C25H23N3O3S2/c1-31-20-9-5-4-8-19(20)26-21(29)14-33-25-27-23(30)22-18(13-32-24(22)28-25)17-11-10-15-6-2-3-7-16(15)12-17/h4-5,8-13H,2-3,6-7,14H2,1H3,(H,26,29)(H,27,28,30). The second kappa shape index (κ2) is 9.41. The molecule has 0 atom stereocenters. The fourth-order valence-corrected chi connectivity index (χ4v) is 5.85. The van der Waals surface area contributed by atoms with Gasteiger partial charge >= 0.3 is 0 Å². The Morgan fingerprint density at radius 1 is 1.18 bits per heavy atom. The highest BCUT2D eigenvalue weighted by Gasteiger charge is 2.16. The number of para-hydroxylation sites is 2.